The van der Waals surface area contributed by atoms with Crippen LogP contribution in [0.5, 0.6) is 11.5 Å². The molecule has 0 amide bonds. The first-order chi connectivity index (χ1) is 16.0. The van der Waals surface area contributed by atoms with Crippen LogP contribution in [-0.2, 0) is 22.1 Å². The average Bonchev–Trinajstić information content (AvgIpc) is 3.18. The molecule has 2 aromatic carbocycles. The molecule has 1 aliphatic carbocycles. The van der Waals surface area contributed by atoms with Crippen molar-refractivity contribution in [1.82, 2.24) is 0 Å². The van der Waals surface area contributed by atoms with Gasteiger partial charge >= 0.3 is 15.2 Å². The summed E-state index contributed by atoms with van der Waals surface area (Å²) >= 11 is 1.25. The highest BCUT2D eigenvalue weighted by molar-refractivity contribution is 7.93. The Morgan fingerprint density at radius 3 is 2.50 bits per heavy atom. The van der Waals surface area contributed by atoms with Crippen molar-refractivity contribution in [2.24, 2.45) is 5.92 Å². The molecule has 0 N–H and O–H groups in total. The van der Waals surface area contributed by atoms with Gasteiger partial charge < -0.3 is 9.47 Å². The number of halogens is 2. The molecule has 1 fully saturated rings. The summed E-state index contributed by atoms with van der Waals surface area (Å²) in [5, 5.41) is 2.25. The fourth-order valence-corrected chi connectivity index (χ4v) is 6.84. The second kappa shape index (κ2) is 8.81. The summed E-state index contributed by atoms with van der Waals surface area (Å²) in [7, 11) is -1.40. The van der Waals surface area contributed by atoms with E-state index in [4.69, 9.17) is 9.47 Å². The van der Waals surface area contributed by atoms with E-state index in [1.54, 1.807) is 18.2 Å². The van der Waals surface area contributed by atoms with Crippen molar-refractivity contribution in [1.29, 1.82) is 0 Å². The summed E-state index contributed by atoms with van der Waals surface area (Å²) < 4.78 is 70.4. The van der Waals surface area contributed by atoms with Crippen molar-refractivity contribution in [2.75, 3.05) is 18.5 Å². The van der Waals surface area contributed by atoms with Crippen molar-refractivity contribution >= 4 is 26.5 Å². The standard InChI is InChI=1S/C24H27F2N2O4S2/c1-15-10-22(20(26)12-19(15)25)34(29,30)28(14-17-6-7-18(31-4)11-21(17)32-5)23-27(8-9-33-23)24(3)13-16(24)2/h6-12,16H,13-14H2,1-5H3/q+1. The Balaban J connectivity index is 1.89. The van der Waals surface area contributed by atoms with Crippen LogP contribution in [0.4, 0.5) is 13.9 Å². The van der Waals surface area contributed by atoms with Crippen molar-refractivity contribution in [2.45, 2.75) is 44.2 Å². The molecule has 6 nitrogen and oxygen atoms in total. The molecule has 1 saturated carbocycles. The van der Waals surface area contributed by atoms with Gasteiger partial charge in [-0.05, 0) is 44.0 Å². The lowest BCUT2D eigenvalue weighted by Gasteiger charge is -2.21. The average molecular weight is 510 g/mol. The largest absolute Gasteiger partial charge is 0.497 e. The van der Waals surface area contributed by atoms with Crippen LogP contribution in [0.25, 0.3) is 0 Å². The topological polar surface area (TPSA) is 59.7 Å². The first-order valence-corrected chi connectivity index (χ1v) is 13.0. The second-order valence-corrected chi connectivity index (χ2v) is 11.4. The van der Waals surface area contributed by atoms with Gasteiger partial charge in [-0.1, -0.05) is 18.3 Å². The number of hydrogen-bond acceptors (Lipinski definition) is 5. The first kappa shape index (κ1) is 24.4. The summed E-state index contributed by atoms with van der Waals surface area (Å²) in [6.07, 6.45) is 2.74. The minimum atomic E-state index is -4.41. The number of aromatic nitrogens is 1. The van der Waals surface area contributed by atoms with Gasteiger partial charge in [-0.3, -0.25) is 0 Å². The highest BCUT2D eigenvalue weighted by Crippen LogP contribution is 2.47. The molecule has 10 heteroatoms. The van der Waals surface area contributed by atoms with E-state index < -0.39 is 26.6 Å². The molecule has 1 heterocycles. The maximum atomic E-state index is 14.8. The van der Waals surface area contributed by atoms with Gasteiger partial charge in [-0.2, -0.15) is 8.42 Å². The Hall–Kier alpha value is -2.72. The van der Waals surface area contributed by atoms with E-state index in [9.17, 15) is 17.2 Å². The van der Waals surface area contributed by atoms with Crippen molar-refractivity contribution in [3.63, 3.8) is 0 Å². The highest BCUT2D eigenvalue weighted by atomic mass is 32.2. The number of ether oxygens (including phenoxy) is 2. The maximum absolute atomic E-state index is 14.8. The monoisotopic (exact) mass is 509 g/mol. The lowest BCUT2D eigenvalue weighted by molar-refractivity contribution is -0.722. The number of thiazole rings is 1. The zero-order chi connectivity index (χ0) is 24.8. The predicted octanol–water partition coefficient (Wildman–Crippen LogP) is 4.79. The maximum Gasteiger partial charge on any atom is 0.352 e. The zero-order valence-corrected chi connectivity index (χ0v) is 21.3. The SMILES string of the molecule is COc1ccc(CN(c2scc[n+]2C2(C)CC2C)S(=O)(=O)c2cc(C)c(F)cc2F)c(OC)c1. The molecule has 1 aliphatic rings. The number of methoxy groups -OCH3 is 2. The van der Waals surface area contributed by atoms with E-state index in [1.807, 2.05) is 16.1 Å². The number of rotatable bonds is 8. The summed E-state index contributed by atoms with van der Waals surface area (Å²) in [5.74, 6) is -0.588. The van der Waals surface area contributed by atoms with E-state index in [2.05, 4.69) is 13.8 Å². The van der Waals surface area contributed by atoms with Crippen LogP contribution < -0.4 is 18.3 Å². The molecule has 0 aliphatic heterocycles. The Kier molecular flexibility index (Phi) is 6.32. The van der Waals surface area contributed by atoms with Gasteiger partial charge in [0.05, 0.1) is 14.2 Å². The van der Waals surface area contributed by atoms with E-state index >= 15 is 0 Å². The van der Waals surface area contributed by atoms with Crippen molar-refractivity contribution < 1.29 is 31.2 Å². The van der Waals surface area contributed by atoms with E-state index in [0.29, 0.717) is 34.2 Å². The molecule has 34 heavy (non-hydrogen) atoms. The third kappa shape index (κ3) is 4.13. The van der Waals surface area contributed by atoms with Crippen LogP contribution in [0.3, 0.4) is 0 Å². The minimum Gasteiger partial charge on any atom is -0.497 e. The molecule has 2 atom stereocenters. The number of anilines is 1. The fraction of sp³-hybridized carbons (Fsp3) is 0.375. The van der Waals surface area contributed by atoms with Crippen LogP contribution in [0.1, 0.15) is 31.4 Å². The summed E-state index contributed by atoms with van der Waals surface area (Å²) in [5.41, 5.74) is 0.369. The molecule has 3 aromatic rings. The third-order valence-corrected chi connectivity index (χ3v) is 9.32. The van der Waals surface area contributed by atoms with Crippen LogP contribution >= 0.6 is 11.3 Å². The van der Waals surface area contributed by atoms with Crippen LogP contribution in [0.15, 0.2) is 46.8 Å². The summed E-state index contributed by atoms with van der Waals surface area (Å²) in [6.45, 7) is 5.46. The lowest BCUT2D eigenvalue weighted by Crippen LogP contribution is -2.49. The van der Waals surface area contributed by atoms with Crippen LogP contribution in [-0.4, -0.2) is 22.6 Å². The van der Waals surface area contributed by atoms with Gasteiger partial charge in [0.25, 0.3) is 0 Å². The normalized spacial score (nSPS) is 19.7. The van der Waals surface area contributed by atoms with E-state index in [-0.39, 0.29) is 17.6 Å². The molecule has 0 spiro atoms. The smallest absolute Gasteiger partial charge is 0.352 e. The Morgan fingerprint density at radius 1 is 1.18 bits per heavy atom. The third-order valence-electron chi connectivity index (χ3n) is 6.56. The molecule has 0 bridgehead atoms. The fourth-order valence-electron chi connectivity index (χ4n) is 4.08. The molecule has 1 aromatic heterocycles. The Morgan fingerprint density at radius 2 is 1.88 bits per heavy atom. The molecular weight excluding hydrogens is 482 g/mol. The van der Waals surface area contributed by atoms with E-state index in [1.165, 1.54) is 36.8 Å². The number of aryl methyl sites for hydroxylation is 1. The lowest BCUT2D eigenvalue weighted by atomic mass is 10.2. The van der Waals surface area contributed by atoms with Crippen LogP contribution in [0.2, 0.25) is 0 Å². The van der Waals surface area contributed by atoms with Gasteiger partial charge in [0.1, 0.15) is 46.3 Å². The Bertz CT molecular complexity index is 1340. The zero-order valence-electron chi connectivity index (χ0n) is 19.6. The van der Waals surface area contributed by atoms with Crippen molar-refractivity contribution in [3.05, 3.63) is 64.7 Å². The summed E-state index contributed by atoms with van der Waals surface area (Å²) in [4.78, 5) is -0.576. The number of nitrogens with zero attached hydrogens (tertiary/aromatic N) is 2. The quantitative estimate of drug-likeness (QED) is 0.410. The molecule has 0 saturated heterocycles. The highest BCUT2D eigenvalue weighted by Gasteiger charge is 2.55. The Labute approximate surface area is 202 Å². The molecule has 4 rings (SSSR count). The minimum absolute atomic E-state index is 0.0452. The van der Waals surface area contributed by atoms with Gasteiger partial charge in [0.2, 0.25) is 0 Å². The number of sulfonamides is 1. The molecule has 2 unspecified atom stereocenters. The number of benzene rings is 2. The molecular formula is C24H27F2N2O4S2+. The van der Waals surface area contributed by atoms with E-state index in [0.717, 1.165) is 12.5 Å². The molecule has 0 radical (unpaired) electrons. The van der Waals surface area contributed by atoms with Gasteiger partial charge in [-0.15, -0.1) is 4.31 Å². The van der Waals surface area contributed by atoms with Gasteiger partial charge in [-0.25, -0.2) is 13.3 Å². The predicted molar refractivity (Wildman–Crippen MR) is 126 cm³/mol. The number of hydrogen-bond donors (Lipinski definition) is 0. The van der Waals surface area contributed by atoms with Gasteiger partial charge in [0, 0.05) is 29.0 Å². The van der Waals surface area contributed by atoms with Crippen molar-refractivity contribution in [3.8, 4) is 11.5 Å². The van der Waals surface area contributed by atoms with Gasteiger partial charge in [0.15, 0.2) is 0 Å². The van der Waals surface area contributed by atoms with Crippen LogP contribution in [0, 0.1) is 24.5 Å². The molecule has 182 valence electrons. The summed E-state index contributed by atoms with van der Waals surface area (Å²) in [6, 6.07) is 6.73. The first-order valence-electron chi connectivity index (χ1n) is 10.7. The second-order valence-electron chi connectivity index (χ2n) is 8.74.